The van der Waals surface area contributed by atoms with E-state index in [2.05, 4.69) is 148 Å². The molecule has 1 heterocycles. The van der Waals surface area contributed by atoms with Gasteiger partial charge in [-0.2, -0.15) is 0 Å². The lowest BCUT2D eigenvalue weighted by molar-refractivity contribution is 0.660. The van der Waals surface area contributed by atoms with E-state index in [0.717, 1.165) is 39.0 Å². The molecule has 2 aliphatic rings. The van der Waals surface area contributed by atoms with E-state index in [-0.39, 0.29) is 10.8 Å². The molecule has 0 saturated heterocycles. The molecule has 0 fully saturated rings. The van der Waals surface area contributed by atoms with Gasteiger partial charge in [0.1, 0.15) is 11.2 Å². The number of benzene rings is 6. The molecule has 0 saturated carbocycles. The molecule has 0 radical (unpaired) electrons. The summed E-state index contributed by atoms with van der Waals surface area (Å²) >= 11 is 0. The van der Waals surface area contributed by atoms with Crippen LogP contribution in [0.2, 0.25) is 0 Å². The fourth-order valence-corrected chi connectivity index (χ4v) is 7.96. The monoisotopic (exact) mass is 597 g/mol. The summed E-state index contributed by atoms with van der Waals surface area (Å²) in [7, 11) is 0. The Morgan fingerprint density at radius 3 is 1.43 bits per heavy atom. The van der Waals surface area contributed by atoms with Crippen LogP contribution in [0.5, 0.6) is 0 Å². The van der Waals surface area contributed by atoms with E-state index in [4.69, 9.17) is 4.42 Å². The van der Waals surface area contributed by atoms with Gasteiger partial charge in [-0.3, -0.25) is 0 Å². The molecule has 7 aromatic rings. The summed E-state index contributed by atoms with van der Waals surface area (Å²) in [5.41, 5.74) is 15.9. The Hall–Kier alpha value is -5.08. The van der Waals surface area contributed by atoms with Crippen LogP contribution < -0.4 is 4.90 Å². The SMILES string of the molecule is CC.CC1(C)c2ccccc2-c2ccc(N(c3ccc4c(c3)C(C)(C)c3ccccc3-4)c3ccc4oc5ccccc5c4c3)cc21. The number of fused-ring (bicyclic) bond motifs is 9. The molecule has 1 aromatic heterocycles. The maximum atomic E-state index is 6.23. The van der Waals surface area contributed by atoms with Crippen molar-refractivity contribution in [1.29, 1.82) is 0 Å². The highest BCUT2D eigenvalue weighted by atomic mass is 16.3. The number of anilines is 3. The molecule has 0 bridgehead atoms. The molecule has 2 heteroatoms. The minimum Gasteiger partial charge on any atom is -0.456 e. The number of nitrogens with zero attached hydrogens (tertiary/aromatic N) is 1. The van der Waals surface area contributed by atoms with Crippen LogP contribution in [-0.4, -0.2) is 0 Å². The second kappa shape index (κ2) is 10.2. The lowest BCUT2D eigenvalue weighted by atomic mass is 9.82. The van der Waals surface area contributed by atoms with Gasteiger partial charge >= 0.3 is 0 Å². The highest BCUT2D eigenvalue weighted by Gasteiger charge is 2.37. The summed E-state index contributed by atoms with van der Waals surface area (Å²) in [6.45, 7) is 13.4. The molecule has 9 rings (SSSR count). The van der Waals surface area contributed by atoms with Crippen molar-refractivity contribution in [3.8, 4) is 22.3 Å². The van der Waals surface area contributed by atoms with E-state index in [1.807, 2.05) is 26.0 Å². The van der Waals surface area contributed by atoms with E-state index in [0.29, 0.717) is 0 Å². The van der Waals surface area contributed by atoms with E-state index < -0.39 is 0 Å². The Morgan fingerprint density at radius 2 is 0.848 bits per heavy atom. The van der Waals surface area contributed by atoms with Crippen LogP contribution in [0.3, 0.4) is 0 Å². The van der Waals surface area contributed by atoms with Crippen LogP contribution in [0, 0.1) is 0 Å². The third kappa shape index (κ3) is 3.96. The highest BCUT2D eigenvalue weighted by molar-refractivity contribution is 6.06. The summed E-state index contributed by atoms with van der Waals surface area (Å²) in [6.07, 6.45) is 0. The molecule has 0 unspecified atom stereocenters. The highest BCUT2D eigenvalue weighted by Crippen LogP contribution is 2.53. The Morgan fingerprint density at radius 1 is 0.413 bits per heavy atom. The first-order valence-corrected chi connectivity index (χ1v) is 16.5. The fourth-order valence-electron chi connectivity index (χ4n) is 7.96. The Balaban J connectivity index is 0.00000153. The Bertz CT molecular complexity index is 2190. The first-order chi connectivity index (χ1) is 22.3. The van der Waals surface area contributed by atoms with Gasteiger partial charge in [-0.15, -0.1) is 0 Å². The largest absolute Gasteiger partial charge is 0.456 e. The summed E-state index contributed by atoms with van der Waals surface area (Å²) < 4.78 is 6.23. The van der Waals surface area contributed by atoms with Gasteiger partial charge in [-0.25, -0.2) is 0 Å². The number of furan rings is 1. The average Bonchev–Trinajstić information content (AvgIpc) is 3.65. The predicted molar refractivity (Wildman–Crippen MR) is 195 cm³/mol. The molecule has 46 heavy (non-hydrogen) atoms. The number of hydrogen-bond donors (Lipinski definition) is 0. The minimum absolute atomic E-state index is 0.0834. The summed E-state index contributed by atoms with van der Waals surface area (Å²) in [4.78, 5) is 2.43. The molecule has 226 valence electrons. The first-order valence-electron chi connectivity index (χ1n) is 16.5. The van der Waals surface area contributed by atoms with Crippen LogP contribution >= 0.6 is 0 Å². The van der Waals surface area contributed by atoms with Crippen molar-refractivity contribution < 1.29 is 4.42 Å². The van der Waals surface area contributed by atoms with Crippen molar-refractivity contribution in [2.75, 3.05) is 4.90 Å². The standard InChI is InChI=1S/C42H33NO.C2H6/c1-41(2)35-14-8-5-11-29(35)31-20-17-27(24-37(31)41)43(26-19-22-40-34(23-26)33-13-7-10-16-39(33)44-40)28-18-21-32-30-12-6-9-15-36(30)42(3,4)38(32)25-28;1-2/h5-25H,1-4H3;1-2H3. The number of para-hydroxylation sites is 1. The molecule has 0 spiro atoms. The smallest absolute Gasteiger partial charge is 0.135 e. The zero-order chi connectivity index (χ0) is 31.8. The van der Waals surface area contributed by atoms with Gasteiger partial charge < -0.3 is 9.32 Å². The van der Waals surface area contributed by atoms with Gasteiger partial charge in [0.15, 0.2) is 0 Å². The zero-order valence-corrected chi connectivity index (χ0v) is 27.5. The lowest BCUT2D eigenvalue weighted by Gasteiger charge is -2.29. The topological polar surface area (TPSA) is 16.4 Å². The normalized spacial score (nSPS) is 14.7. The van der Waals surface area contributed by atoms with Crippen LogP contribution in [0.15, 0.2) is 132 Å². The van der Waals surface area contributed by atoms with Gasteiger partial charge in [-0.1, -0.05) is 120 Å². The maximum Gasteiger partial charge on any atom is 0.135 e. The molecule has 2 aliphatic carbocycles. The molecule has 0 aliphatic heterocycles. The Labute approximate surface area is 271 Å². The second-order valence-electron chi connectivity index (χ2n) is 13.4. The van der Waals surface area contributed by atoms with Crippen LogP contribution in [0.1, 0.15) is 63.8 Å². The molecular weight excluding hydrogens is 558 g/mol. The van der Waals surface area contributed by atoms with Crippen molar-refractivity contribution in [3.63, 3.8) is 0 Å². The second-order valence-corrected chi connectivity index (χ2v) is 13.4. The maximum absolute atomic E-state index is 6.23. The Kier molecular flexibility index (Phi) is 6.31. The van der Waals surface area contributed by atoms with Gasteiger partial charge in [0.25, 0.3) is 0 Å². The molecule has 6 aromatic carbocycles. The van der Waals surface area contributed by atoms with Crippen LogP contribution in [0.25, 0.3) is 44.2 Å². The fraction of sp³-hybridized carbons (Fsp3) is 0.182. The minimum atomic E-state index is -0.0834. The third-order valence-electron chi connectivity index (χ3n) is 10.3. The summed E-state index contributed by atoms with van der Waals surface area (Å²) in [5, 5.41) is 2.27. The number of hydrogen-bond acceptors (Lipinski definition) is 2. The average molecular weight is 598 g/mol. The molecule has 2 nitrogen and oxygen atoms in total. The van der Waals surface area contributed by atoms with Gasteiger partial charge in [0.05, 0.1) is 0 Å². The lowest BCUT2D eigenvalue weighted by Crippen LogP contribution is -2.18. The quantitative estimate of drug-likeness (QED) is 0.201. The first kappa shape index (κ1) is 28.4. The zero-order valence-electron chi connectivity index (χ0n) is 27.5. The van der Waals surface area contributed by atoms with E-state index in [9.17, 15) is 0 Å². The van der Waals surface area contributed by atoms with Crippen LogP contribution in [-0.2, 0) is 10.8 Å². The van der Waals surface area contributed by atoms with Crippen molar-refractivity contribution in [3.05, 3.63) is 150 Å². The number of rotatable bonds is 3. The van der Waals surface area contributed by atoms with Crippen LogP contribution in [0.4, 0.5) is 17.1 Å². The van der Waals surface area contributed by atoms with Gasteiger partial charge in [0, 0.05) is 38.7 Å². The van der Waals surface area contributed by atoms with Gasteiger partial charge in [0.2, 0.25) is 0 Å². The van der Waals surface area contributed by atoms with E-state index in [1.165, 1.54) is 44.5 Å². The van der Waals surface area contributed by atoms with Gasteiger partial charge in [-0.05, 0) is 93.0 Å². The molecule has 0 atom stereocenters. The third-order valence-corrected chi connectivity index (χ3v) is 10.3. The summed E-state index contributed by atoms with van der Waals surface area (Å²) in [5.74, 6) is 0. The molecule has 0 N–H and O–H groups in total. The predicted octanol–water partition coefficient (Wildman–Crippen LogP) is 12.7. The van der Waals surface area contributed by atoms with Crippen molar-refractivity contribution in [2.24, 2.45) is 0 Å². The molecule has 0 amide bonds. The van der Waals surface area contributed by atoms with E-state index >= 15 is 0 Å². The summed E-state index contributed by atoms with van der Waals surface area (Å²) in [6, 6.07) is 46.7. The molecular formula is C44H39NO. The van der Waals surface area contributed by atoms with Crippen molar-refractivity contribution in [1.82, 2.24) is 0 Å². The van der Waals surface area contributed by atoms with Crippen molar-refractivity contribution in [2.45, 2.75) is 52.4 Å². The van der Waals surface area contributed by atoms with Crippen molar-refractivity contribution >= 4 is 39.0 Å². The van der Waals surface area contributed by atoms with E-state index in [1.54, 1.807) is 0 Å².